The Labute approximate surface area is 235 Å². The van der Waals surface area contributed by atoms with Gasteiger partial charge in [-0.2, -0.15) is 0 Å². The third kappa shape index (κ3) is 5.66. The molecule has 0 spiro atoms. The predicted octanol–water partition coefficient (Wildman–Crippen LogP) is 5.56. The highest BCUT2D eigenvalue weighted by Gasteiger charge is 2.41. The lowest BCUT2D eigenvalue weighted by Gasteiger charge is -2.29. The number of benzene rings is 2. The summed E-state index contributed by atoms with van der Waals surface area (Å²) < 4.78 is 2.19. The van der Waals surface area contributed by atoms with Gasteiger partial charge in [0.1, 0.15) is 0 Å². The zero-order valence-electron chi connectivity index (χ0n) is 22.8. The van der Waals surface area contributed by atoms with Crippen molar-refractivity contribution in [2.75, 3.05) is 30.9 Å². The molecule has 2 atom stereocenters. The van der Waals surface area contributed by atoms with Gasteiger partial charge in [-0.3, -0.25) is 9.78 Å². The van der Waals surface area contributed by atoms with E-state index < -0.39 is 0 Å². The van der Waals surface area contributed by atoms with Crippen LogP contribution in [0.25, 0.3) is 5.69 Å². The number of aromatic nitrogens is 2. The summed E-state index contributed by atoms with van der Waals surface area (Å²) in [4.78, 5) is 21.9. The average molecular weight is 539 g/mol. The topological polar surface area (TPSA) is 65.4 Å². The number of amides is 1. The molecule has 5 rings (SSSR count). The van der Waals surface area contributed by atoms with Gasteiger partial charge in [0.25, 0.3) is 0 Å². The van der Waals surface area contributed by atoms with Crippen LogP contribution in [0.4, 0.5) is 11.4 Å². The minimum Gasteiger partial charge on any atom is -0.378 e. The summed E-state index contributed by atoms with van der Waals surface area (Å²) in [5.74, 6) is -0.0406. The predicted molar refractivity (Wildman–Crippen MR) is 161 cm³/mol. The van der Waals surface area contributed by atoms with Gasteiger partial charge in [-0.25, -0.2) is 0 Å². The van der Waals surface area contributed by atoms with Crippen molar-refractivity contribution in [2.45, 2.75) is 32.4 Å². The number of nitrogens with zero attached hydrogens (tertiary/aromatic N) is 4. The average Bonchev–Trinajstić information content (AvgIpc) is 3.54. The Balaban J connectivity index is 1.44. The smallest absolute Gasteiger partial charge is 0.226 e. The normalized spacial score (nSPS) is 16.7. The molecule has 0 radical (unpaired) electrons. The van der Waals surface area contributed by atoms with Gasteiger partial charge in [0.2, 0.25) is 5.91 Å². The number of anilines is 2. The number of pyridine rings is 1. The first-order valence-electron chi connectivity index (χ1n) is 13.1. The van der Waals surface area contributed by atoms with Crippen LogP contribution in [0.5, 0.6) is 0 Å². The second kappa shape index (κ2) is 11.3. The van der Waals surface area contributed by atoms with E-state index >= 15 is 0 Å². The first-order valence-corrected chi connectivity index (χ1v) is 13.5. The van der Waals surface area contributed by atoms with E-state index in [0.29, 0.717) is 18.1 Å². The minimum absolute atomic E-state index is 0.0406. The maximum atomic E-state index is 13.0. The monoisotopic (exact) mass is 538 g/mol. The molecule has 200 valence electrons. The molecule has 0 unspecified atom stereocenters. The Kier molecular flexibility index (Phi) is 7.65. The van der Waals surface area contributed by atoms with Crippen LogP contribution < -0.4 is 15.5 Å². The van der Waals surface area contributed by atoms with Crippen LogP contribution in [0.2, 0.25) is 0 Å². The lowest BCUT2D eigenvalue weighted by molar-refractivity contribution is -0.116. The van der Waals surface area contributed by atoms with Crippen LogP contribution in [-0.2, 0) is 4.79 Å². The molecule has 2 aromatic carbocycles. The van der Waals surface area contributed by atoms with E-state index in [2.05, 4.69) is 72.6 Å². The van der Waals surface area contributed by atoms with Crippen LogP contribution in [0.1, 0.15) is 41.0 Å². The first-order chi connectivity index (χ1) is 18.8. The molecule has 8 heteroatoms. The van der Waals surface area contributed by atoms with Crippen molar-refractivity contribution in [2.24, 2.45) is 0 Å². The Morgan fingerprint density at radius 2 is 1.85 bits per heavy atom. The Bertz CT molecular complexity index is 1460. The SMILES string of the molecule is Cc1ccc(C)c(NC(=O)CCN2C(=S)N[C@@H](c3ccccn3)[C@H]2c2cccn2-c2ccc(N(C)C)cc2)c1. The fraction of sp³-hybridized carbons (Fsp3) is 0.258. The number of nitrogens with one attached hydrogen (secondary N) is 2. The zero-order chi connectivity index (χ0) is 27.5. The summed E-state index contributed by atoms with van der Waals surface area (Å²) in [6.07, 6.45) is 4.18. The van der Waals surface area contributed by atoms with Gasteiger partial charge in [-0.15, -0.1) is 0 Å². The molecule has 0 saturated carbocycles. The number of carbonyl (C=O) groups is 1. The molecule has 1 fully saturated rings. The van der Waals surface area contributed by atoms with Gasteiger partial charge < -0.3 is 25.0 Å². The molecular formula is C31H34N6OS. The maximum Gasteiger partial charge on any atom is 0.226 e. The number of carbonyl (C=O) groups excluding carboxylic acids is 1. The van der Waals surface area contributed by atoms with Crippen LogP contribution >= 0.6 is 12.2 Å². The molecule has 1 aliphatic heterocycles. The first kappa shape index (κ1) is 26.4. The molecule has 1 aliphatic rings. The lowest BCUT2D eigenvalue weighted by atomic mass is 10.0. The molecule has 1 saturated heterocycles. The fourth-order valence-corrected chi connectivity index (χ4v) is 5.39. The number of rotatable bonds is 8. The van der Waals surface area contributed by atoms with E-state index in [1.807, 2.05) is 64.3 Å². The molecule has 1 amide bonds. The van der Waals surface area contributed by atoms with Crippen molar-refractivity contribution in [3.63, 3.8) is 0 Å². The number of thiocarbonyl (C=S) groups is 1. The third-order valence-corrected chi connectivity index (χ3v) is 7.52. The summed E-state index contributed by atoms with van der Waals surface area (Å²) in [7, 11) is 4.07. The molecule has 3 heterocycles. The molecule has 39 heavy (non-hydrogen) atoms. The van der Waals surface area contributed by atoms with Crippen molar-refractivity contribution in [1.82, 2.24) is 19.8 Å². The van der Waals surface area contributed by atoms with Crippen LogP contribution in [0.3, 0.4) is 0 Å². The summed E-state index contributed by atoms with van der Waals surface area (Å²) in [5.41, 5.74) is 7.18. The van der Waals surface area contributed by atoms with E-state index in [9.17, 15) is 4.79 Å². The summed E-state index contributed by atoms with van der Waals surface area (Å²) in [6.45, 7) is 4.50. The summed E-state index contributed by atoms with van der Waals surface area (Å²) >= 11 is 5.83. The molecule has 2 aromatic heterocycles. The summed E-state index contributed by atoms with van der Waals surface area (Å²) in [6, 6.07) is 24.3. The highest BCUT2D eigenvalue weighted by molar-refractivity contribution is 7.80. The fourth-order valence-electron chi connectivity index (χ4n) is 5.05. The molecule has 2 N–H and O–H groups in total. The van der Waals surface area contributed by atoms with Crippen molar-refractivity contribution in [3.05, 3.63) is 108 Å². The van der Waals surface area contributed by atoms with Crippen LogP contribution in [0, 0.1) is 13.8 Å². The Hall–Kier alpha value is -4.17. The number of aryl methyl sites for hydroxylation is 2. The molecular weight excluding hydrogens is 504 g/mol. The van der Waals surface area contributed by atoms with Crippen molar-refractivity contribution in [1.29, 1.82) is 0 Å². The van der Waals surface area contributed by atoms with E-state index in [4.69, 9.17) is 12.2 Å². The minimum atomic E-state index is -0.157. The highest BCUT2D eigenvalue weighted by atomic mass is 32.1. The largest absolute Gasteiger partial charge is 0.378 e. The molecule has 0 aliphatic carbocycles. The maximum absolute atomic E-state index is 13.0. The van der Waals surface area contributed by atoms with E-state index in [1.54, 1.807) is 6.20 Å². The van der Waals surface area contributed by atoms with E-state index in [1.165, 1.54) is 0 Å². The van der Waals surface area contributed by atoms with Crippen molar-refractivity contribution < 1.29 is 4.79 Å². The van der Waals surface area contributed by atoms with Gasteiger partial charge in [0.15, 0.2) is 5.11 Å². The quantitative estimate of drug-likeness (QED) is 0.287. The van der Waals surface area contributed by atoms with Gasteiger partial charge >= 0.3 is 0 Å². The second-order valence-electron chi connectivity index (χ2n) is 10.2. The van der Waals surface area contributed by atoms with Gasteiger partial charge in [0, 0.05) is 62.2 Å². The number of hydrogen-bond donors (Lipinski definition) is 2. The number of hydrogen-bond acceptors (Lipinski definition) is 4. The van der Waals surface area contributed by atoms with Gasteiger partial charge in [-0.1, -0.05) is 18.2 Å². The standard InChI is InChI=1S/C31H34N6OS/c1-21-10-11-22(2)26(20-21)33-28(38)16-19-37-30(29(34-31(37)39)25-8-5-6-17-32-25)27-9-7-18-36(27)24-14-12-23(13-15-24)35(3)4/h5-15,17-18,20,29-30H,16,19H2,1-4H3,(H,33,38)(H,34,39)/t29-,30+/m0/s1. The van der Waals surface area contributed by atoms with Crippen LogP contribution in [-0.4, -0.2) is 46.1 Å². The zero-order valence-corrected chi connectivity index (χ0v) is 23.6. The molecule has 7 nitrogen and oxygen atoms in total. The second-order valence-corrected chi connectivity index (χ2v) is 10.5. The van der Waals surface area contributed by atoms with Crippen molar-refractivity contribution >= 4 is 34.6 Å². The summed E-state index contributed by atoms with van der Waals surface area (Å²) in [5, 5.41) is 7.19. The Morgan fingerprint density at radius 1 is 1.05 bits per heavy atom. The van der Waals surface area contributed by atoms with Crippen LogP contribution in [0.15, 0.2) is 85.2 Å². The van der Waals surface area contributed by atoms with Gasteiger partial charge in [-0.05, 0) is 91.8 Å². The highest BCUT2D eigenvalue weighted by Crippen LogP contribution is 2.39. The van der Waals surface area contributed by atoms with Gasteiger partial charge in [0.05, 0.1) is 17.8 Å². The Morgan fingerprint density at radius 3 is 2.56 bits per heavy atom. The molecule has 0 bridgehead atoms. The van der Waals surface area contributed by atoms with E-state index in [-0.39, 0.29) is 18.0 Å². The van der Waals surface area contributed by atoms with Crippen molar-refractivity contribution in [3.8, 4) is 5.69 Å². The van der Waals surface area contributed by atoms with E-state index in [0.717, 1.165) is 39.6 Å². The molecule has 4 aromatic rings. The lowest BCUT2D eigenvalue weighted by Crippen LogP contribution is -2.33. The third-order valence-electron chi connectivity index (χ3n) is 7.17.